The van der Waals surface area contributed by atoms with Gasteiger partial charge in [-0.25, -0.2) is 4.79 Å². The Balaban J connectivity index is 1.64. The lowest BCUT2D eigenvalue weighted by Crippen LogP contribution is -1.92. The summed E-state index contributed by atoms with van der Waals surface area (Å²) in [5.41, 5.74) is 2.33. The monoisotopic (exact) mass is 342 g/mol. The number of ketones is 1. The fourth-order valence-corrected chi connectivity index (χ4v) is 3.76. The van der Waals surface area contributed by atoms with Crippen molar-refractivity contribution in [1.82, 2.24) is 0 Å². The van der Waals surface area contributed by atoms with Gasteiger partial charge in [-0.2, -0.15) is 0 Å². The minimum absolute atomic E-state index is 0.0335. The summed E-state index contributed by atoms with van der Waals surface area (Å²) in [6, 6.07) is 9.11. The maximum atomic E-state index is 11.8. The highest BCUT2D eigenvalue weighted by Crippen LogP contribution is 2.33. The minimum atomic E-state index is -0.288. The van der Waals surface area contributed by atoms with Crippen LogP contribution in [0.4, 0.5) is 0 Å². The number of thioether (sulfide) groups is 1. The van der Waals surface area contributed by atoms with E-state index in [1.54, 1.807) is 12.1 Å². The molecule has 4 nitrogen and oxygen atoms in total. The van der Waals surface area contributed by atoms with Crippen LogP contribution in [0, 0.1) is 0 Å². The molecule has 0 saturated carbocycles. The van der Waals surface area contributed by atoms with Crippen molar-refractivity contribution in [2.24, 2.45) is 0 Å². The van der Waals surface area contributed by atoms with E-state index in [1.165, 1.54) is 11.8 Å². The average molecular weight is 342 g/mol. The molecule has 0 unspecified atom stereocenters. The van der Waals surface area contributed by atoms with Crippen LogP contribution in [0.2, 0.25) is 0 Å². The second-order valence-electron chi connectivity index (χ2n) is 5.23. The molecule has 0 amide bonds. The Labute approximate surface area is 141 Å². The van der Waals surface area contributed by atoms with Gasteiger partial charge in [-0.15, -0.1) is 0 Å². The molecular formula is C17H10O4S2. The van der Waals surface area contributed by atoms with Crippen LogP contribution in [-0.4, -0.2) is 15.9 Å². The molecular weight excluding hydrogens is 332 g/mol. The lowest BCUT2D eigenvalue weighted by atomic mass is 10.0. The van der Waals surface area contributed by atoms with E-state index in [1.807, 2.05) is 24.3 Å². The number of Topliss-reactive ketones (excluding diaryl/α,β-unsaturated/α-hetero) is 1. The van der Waals surface area contributed by atoms with Crippen molar-refractivity contribution in [3.8, 4) is 11.3 Å². The number of furan rings is 1. The summed E-state index contributed by atoms with van der Waals surface area (Å²) in [6.45, 7) is 0.294. The maximum Gasteiger partial charge on any atom is 0.338 e. The third kappa shape index (κ3) is 2.64. The maximum absolute atomic E-state index is 11.8. The van der Waals surface area contributed by atoms with E-state index in [0.717, 1.165) is 11.1 Å². The van der Waals surface area contributed by atoms with E-state index in [9.17, 15) is 9.59 Å². The van der Waals surface area contributed by atoms with Crippen molar-refractivity contribution < 1.29 is 18.7 Å². The van der Waals surface area contributed by atoms with Crippen LogP contribution in [-0.2, 0) is 16.1 Å². The Bertz CT molecular complexity index is 892. The Morgan fingerprint density at radius 1 is 1.17 bits per heavy atom. The van der Waals surface area contributed by atoms with Gasteiger partial charge in [0, 0.05) is 11.1 Å². The zero-order valence-corrected chi connectivity index (χ0v) is 13.5. The quantitative estimate of drug-likeness (QED) is 0.467. The molecule has 1 aromatic heterocycles. The standard InChI is InChI=1S/C17H10O4S2/c18-13-7-16(22)23-15(13)6-11-2-4-14(21-11)9-1-3-12-10(5-9)8-20-17(12)19/h1-6H,7-8H2/b15-6+. The van der Waals surface area contributed by atoms with Gasteiger partial charge in [-0.05, 0) is 30.3 Å². The van der Waals surface area contributed by atoms with Crippen LogP contribution in [0.3, 0.4) is 0 Å². The predicted molar refractivity (Wildman–Crippen MR) is 91.1 cm³/mol. The van der Waals surface area contributed by atoms with E-state index >= 15 is 0 Å². The van der Waals surface area contributed by atoms with Gasteiger partial charge in [0.2, 0.25) is 0 Å². The highest BCUT2D eigenvalue weighted by Gasteiger charge is 2.24. The number of esters is 1. The summed E-state index contributed by atoms with van der Waals surface area (Å²) in [5.74, 6) is 1.03. The average Bonchev–Trinajstić information content (AvgIpc) is 3.21. The fourth-order valence-electron chi connectivity index (χ4n) is 2.55. The van der Waals surface area contributed by atoms with Crippen LogP contribution in [0.5, 0.6) is 0 Å². The van der Waals surface area contributed by atoms with Crippen LogP contribution in [0.25, 0.3) is 17.4 Å². The van der Waals surface area contributed by atoms with E-state index in [4.69, 9.17) is 21.4 Å². The Morgan fingerprint density at radius 3 is 2.83 bits per heavy atom. The number of thiocarbonyl (C=S) groups is 1. The van der Waals surface area contributed by atoms with Gasteiger partial charge in [0.05, 0.1) is 21.1 Å². The number of fused-ring (bicyclic) bond motifs is 1. The van der Waals surface area contributed by atoms with Crippen molar-refractivity contribution in [2.45, 2.75) is 13.0 Å². The largest absolute Gasteiger partial charge is 0.457 e. The number of benzene rings is 1. The highest BCUT2D eigenvalue weighted by atomic mass is 32.2. The lowest BCUT2D eigenvalue weighted by Gasteiger charge is -1.99. The first-order valence-corrected chi connectivity index (χ1v) is 8.18. The molecule has 6 heteroatoms. The molecule has 2 aliphatic rings. The SMILES string of the molecule is O=C1CC(=S)S/C1=C/c1ccc(-c2ccc3c(c2)COC3=O)o1. The van der Waals surface area contributed by atoms with E-state index < -0.39 is 0 Å². The topological polar surface area (TPSA) is 56.5 Å². The summed E-state index contributed by atoms with van der Waals surface area (Å²) in [5, 5.41) is 0. The Morgan fingerprint density at radius 2 is 2.04 bits per heavy atom. The number of hydrogen-bond acceptors (Lipinski definition) is 6. The fraction of sp³-hybridized carbons (Fsp3) is 0.118. The second kappa shape index (κ2) is 5.47. The van der Waals surface area contributed by atoms with Crippen LogP contribution < -0.4 is 0 Å². The summed E-state index contributed by atoms with van der Waals surface area (Å²) in [7, 11) is 0. The van der Waals surface area contributed by atoms with E-state index in [2.05, 4.69) is 0 Å². The number of ether oxygens (including phenoxy) is 1. The highest BCUT2D eigenvalue weighted by molar-refractivity contribution is 8.27. The number of rotatable bonds is 2. The van der Waals surface area contributed by atoms with Crippen molar-refractivity contribution in [2.75, 3.05) is 0 Å². The molecule has 0 N–H and O–H groups in total. The smallest absolute Gasteiger partial charge is 0.338 e. The Kier molecular flexibility index (Phi) is 3.43. The van der Waals surface area contributed by atoms with Crippen LogP contribution in [0.1, 0.15) is 28.1 Å². The summed E-state index contributed by atoms with van der Waals surface area (Å²) in [6.07, 6.45) is 2.04. The van der Waals surface area contributed by atoms with Gasteiger partial charge in [0.25, 0.3) is 0 Å². The molecule has 23 heavy (non-hydrogen) atoms. The van der Waals surface area contributed by atoms with E-state index in [-0.39, 0.29) is 11.8 Å². The molecule has 114 valence electrons. The third-order valence-corrected chi connectivity index (χ3v) is 5.00. The molecule has 3 heterocycles. The van der Waals surface area contributed by atoms with Gasteiger partial charge in [-0.3, -0.25) is 4.79 Å². The number of carbonyl (C=O) groups excluding carboxylic acids is 2. The predicted octanol–water partition coefficient (Wildman–Crippen LogP) is 3.99. The number of cyclic esters (lactones) is 1. The van der Waals surface area contributed by atoms with Crippen molar-refractivity contribution in [1.29, 1.82) is 0 Å². The first-order valence-electron chi connectivity index (χ1n) is 6.96. The van der Waals surface area contributed by atoms with Gasteiger partial charge in [0.15, 0.2) is 5.78 Å². The summed E-state index contributed by atoms with van der Waals surface area (Å²) < 4.78 is 11.5. The lowest BCUT2D eigenvalue weighted by molar-refractivity contribution is -0.113. The molecule has 1 aromatic carbocycles. The Hall–Kier alpha value is -2.18. The first kappa shape index (κ1) is 14.4. The van der Waals surface area contributed by atoms with Gasteiger partial charge in [-0.1, -0.05) is 30.0 Å². The number of carbonyl (C=O) groups is 2. The molecule has 0 spiro atoms. The second-order valence-corrected chi connectivity index (χ2v) is 7.12. The molecule has 2 aliphatic heterocycles. The molecule has 0 aliphatic carbocycles. The van der Waals surface area contributed by atoms with Crippen molar-refractivity contribution in [3.63, 3.8) is 0 Å². The van der Waals surface area contributed by atoms with Gasteiger partial charge in [0.1, 0.15) is 18.1 Å². The minimum Gasteiger partial charge on any atom is -0.457 e. The summed E-state index contributed by atoms with van der Waals surface area (Å²) >= 11 is 6.38. The molecule has 0 atom stereocenters. The van der Waals surface area contributed by atoms with Gasteiger partial charge >= 0.3 is 5.97 Å². The number of hydrogen-bond donors (Lipinski definition) is 0. The molecule has 2 aromatic rings. The molecule has 1 fully saturated rings. The summed E-state index contributed by atoms with van der Waals surface area (Å²) in [4.78, 5) is 23.8. The van der Waals surface area contributed by atoms with Crippen LogP contribution in [0.15, 0.2) is 39.7 Å². The molecule has 0 radical (unpaired) electrons. The first-order chi connectivity index (χ1) is 11.1. The third-order valence-electron chi connectivity index (χ3n) is 3.67. The zero-order valence-electron chi connectivity index (χ0n) is 11.8. The molecule has 4 rings (SSSR count). The molecule has 1 saturated heterocycles. The van der Waals surface area contributed by atoms with Crippen molar-refractivity contribution >= 4 is 46.0 Å². The van der Waals surface area contributed by atoms with E-state index in [0.29, 0.717) is 39.2 Å². The van der Waals surface area contributed by atoms with Crippen molar-refractivity contribution in [3.05, 3.63) is 52.1 Å². The normalized spacial score (nSPS) is 18.6. The number of allylic oxidation sites excluding steroid dienone is 1. The van der Waals surface area contributed by atoms with Crippen LogP contribution >= 0.6 is 24.0 Å². The zero-order chi connectivity index (χ0) is 16.0. The molecule has 0 bridgehead atoms. The van der Waals surface area contributed by atoms with Gasteiger partial charge < -0.3 is 9.15 Å².